The third-order valence-electron chi connectivity index (χ3n) is 3.11. The van der Waals surface area contributed by atoms with E-state index in [-0.39, 0.29) is 5.91 Å². The minimum absolute atomic E-state index is 0.171. The molecule has 0 radical (unpaired) electrons. The minimum Gasteiger partial charge on any atom is -0.326 e. The molecule has 1 aliphatic heterocycles. The number of hydrogen-bond acceptors (Lipinski definition) is 2. The molecule has 3 nitrogen and oxygen atoms in total. The van der Waals surface area contributed by atoms with Crippen LogP contribution < -0.4 is 10.6 Å². The van der Waals surface area contributed by atoms with Gasteiger partial charge < -0.3 is 10.6 Å². The molecular formula is C13H17ClN2O. The summed E-state index contributed by atoms with van der Waals surface area (Å²) in [6.45, 7) is 1.23. The average Bonchev–Trinajstić information content (AvgIpc) is 2.54. The summed E-state index contributed by atoms with van der Waals surface area (Å²) in [6.07, 6.45) is 3.75. The van der Waals surface area contributed by atoms with E-state index in [1.54, 1.807) is 4.90 Å². The second-order valence-electron chi connectivity index (χ2n) is 4.35. The molecule has 0 atom stereocenters. The average molecular weight is 253 g/mol. The number of rotatable bonds is 2. The van der Waals surface area contributed by atoms with Gasteiger partial charge in [-0.25, -0.2) is 0 Å². The number of benzene rings is 1. The van der Waals surface area contributed by atoms with Gasteiger partial charge in [-0.3, -0.25) is 4.79 Å². The Morgan fingerprint density at radius 1 is 1.29 bits per heavy atom. The number of amides is 1. The fraction of sp³-hybridized carbons (Fsp3) is 0.462. The number of nitrogens with two attached hydrogens (primary N) is 1. The lowest BCUT2D eigenvalue weighted by Gasteiger charge is -2.22. The SMILES string of the molecule is NCc1ccc(N2CCCCCC2=O)c(Cl)c1. The maximum Gasteiger partial charge on any atom is 0.227 e. The Balaban J connectivity index is 2.28. The molecule has 1 heterocycles. The fourth-order valence-electron chi connectivity index (χ4n) is 2.13. The molecule has 4 heteroatoms. The van der Waals surface area contributed by atoms with E-state index >= 15 is 0 Å². The Bertz CT molecular complexity index is 420. The second kappa shape index (κ2) is 5.52. The lowest BCUT2D eigenvalue weighted by atomic mass is 10.2. The Morgan fingerprint density at radius 3 is 2.82 bits per heavy atom. The normalized spacial score (nSPS) is 17.1. The van der Waals surface area contributed by atoms with Gasteiger partial charge >= 0.3 is 0 Å². The first-order chi connectivity index (χ1) is 8.22. The molecule has 1 saturated heterocycles. The third-order valence-corrected chi connectivity index (χ3v) is 3.41. The predicted molar refractivity (Wildman–Crippen MR) is 70.2 cm³/mol. The molecule has 17 heavy (non-hydrogen) atoms. The first-order valence-corrected chi connectivity index (χ1v) is 6.39. The van der Waals surface area contributed by atoms with Crippen LogP contribution in [0.15, 0.2) is 18.2 Å². The van der Waals surface area contributed by atoms with Crippen molar-refractivity contribution >= 4 is 23.2 Å². The standard InChI is InChI=1S/C13H17ClN2O/c14-11-8-10(9-15)5-6-12(11)16-7-3-1-2-4-13(16)17/h5-6,8H,1-4,7,9,15H2. The van der Waals surface area contributed by atoms with E-state index in [9.17, 15) is 4.79 Å². The van der Waals surface area contributed by atoms with Gasteiger partial charge in [0.1, 0.15) is 0 Å². The van der Waals surface area contributed by atoms with E-state index in [4.69, 9.17) is 17.3 Å². The second-order valence-corrected chi connectivity index (χ2v) is 4.75. The van der Waals surface area contributed by atoms with Gasteiger partial charge in [0.15, 0.2) is 0 Å². The van der Waals surface area contributed by atoms with Crippen LogP contribution in [-0.4, -0.2) is 12.5 Å². The summed E-state index contributed by atoms with van der Waals surface area (Å²) >= 11 is 6.21. The molecule has 1 aromatic rings. The van der Waals surface area contributed by atoms with E-state index < -0.39 is 0 Å². The highest BCUT2D eigenvalue weighted by atomic mass is 35.5. The van der Waals surface area contributed by atoms with Gasteiger partial charge in [0.2, 0.25) is 5.91 Å². The van der Waals surface area contributed by atoms with E-state index in [0.717, 1.165) is 37.1 Å². The number of halogens is 1. The quantitative estimate of drug-likeness (QED) is 0.880. The van der Waals surface area contributed by atoms with Gasteiger partial charge in [0.05, 0.1) is 10.7 Å². The molecular weight excluding hydrogens is 236 g/mol. The van der Waals surface area contributed by atoms with E-state index in [2.05, 4.69) is 0 Å². The molecule has 1 aromatic carbocycles. The lowest BCUT2D eigenvalue weighted by Crippen LogP contribution is -2.30. The van der Waals surface area contributed by atoms with Crippen molar-refractivity contribution in [1.82, 2.24) is 0 Å². The smallest absolute Gasteiger partial charge is 0.227 e. The number of nitrogens with zero attached hydrogens (tertiary/aromatic N) is 1. The largest absolute Gasteiger partial charge is 0.326 e. The van der Waals surface area contributed by atoms with Crippen molar-refractivity contribution in [3.63, 3.8) is 0 Å². The number of anilines is 1. The van der Waals surface area contributed by atoms with Crippen LogP contribution in [0.3, 0.4) is 0 Å². The van der Waals surface area contributed by atoms with Crippen LogP contribution >= 0.6 is 11.6 Å². The fourth-order valence-corrected chi connectivity index (χ4v) is 2.44. The molecule has 0 saturated carbocycles. The van der Waals surface area contributed by atoms with Crippen LogP contribution in [0.5, 0.6) is 0 Å². The highest BCUT2D eigenvalue weighted by molar-refractivity contribution is 6.33. The zero-order valence-corrected chi connectivity index (χ0v) is 10.5. The van der Waals surface area contributed by atoms with Crippen molar-refractivity contribution in [2.45, 2.75) is 32.2 Å². The van der Waals surface area contributed by atoms with E-state index in [0.29, 0.717) is 18.0 Å². The number of carbonyl (C=O) groups excluding carboxylic acids is 1. The van der Waals surface area contributed by atoms with Crippen LogP contribution in [0.25, 0.3) is 0 Å². The maximum absolute atomic E-state index is 12.0. The van der Waals surface area contributed by atoms with Crippen LogP contribution in [-0.2, 0) is 11.3 Å². The van der Waals surface area contributed by atoms with E-state index in [1.807, 2.05) is 18.2 Å². The van der Waals surface area contributed by atoms with Gasteiger partial charge in [0.25, 0.3) is 0 Å². The summed E-state index contributed by atoms with van der Waals surface area (Å²) in [5, 5.41) is 0.614. The Labute approximate surface area is 107 Å². The van der Waals surface area contributed by atoms with Gasteiger partial charge in [-0.1, -0.05) is 24.1 Å². The molecule has 0 bridgehead atoms. The van der Waals surface area contributed by atoms with Gasteiger partial charge in [-0.05, 0) is 30.5 Å². The molecule has 1 amide bonds. The van der Waals surface area contributed by atoms with Crippen molar-refractivity contribution in [3.05, 3.63) is 28.8 Å². The molecule has 1 aliphatic rings. The molecule has 2 N–H and O–H groups in total. The van der Waals surface area contributed by atoms with Gasteiger partial charge in [-0.2, -0.15) is 0 Å². The maximum atomic E-state index is 12.0. The summed E-state index contributed by atoms with van der Waals surface area (Å²) < 4.78 is 0. The minimum atomic E-state index is 0.171. The molecule has 0 spiro atoms. The van der Waals surface area contributed by atoms with Crippen molar-refractivity contribution in [2.24, 2.45) is 5.73 Å². The lowest BCUT2D eigenvalue weighted by molar-refractivity contribution is -0.118. The molecule has 0 unspecified atom stereocenters. The Morgan fingerprint density at radius 2 is 2.12 bits per heavy atom. The van der Waals surface area contributed by atoms with Crippen molar-refractivity contribution in [2.75, 3.05) is 11.4 Å². The highest BCUT2D eigenvalue weighted by Crippen LogP contribution is 2.29. The number of hydrogen-bond donors (Lipinski definition) is 1. The van der Waals surface area contributed by atoms with Gasteiger partial charge in [0, 0.05) is 19.5 Å². The zero-order valence-electron chi connectivity index (χ0n) is 9.79. The number of carbonyl (C=O) groups is 1. The molecule has 2 rings (SSSR count). The van der Waals surface area contributed by atoms with Crippen LogP contribution in [0.1, 0.15) is 31.2 Å². The predicted octanol–water partition coefficient (Wildman–Crippen LogP) is 2.71. The summed E-state index contributed by atoms with van der Waals surface area (Å²) in [5.41, 5.74) is 7.36. The van der Waals surface area contributed by atoms with Crippen LogP contribution in [0, 0.1) is 0 Å². The Hall–Kier alpha value is -1.06. The molecule has 0 aliphatic carbocycles. The first-order valence-electron chi connectivity index (χ1n) is 6.01. The Kier molecular flexibility index (Phi) is 4.02. The molecule has 0 aromatic heterocycles. The molecule has 92 valence electrons. The summed E-state index contributed by atoms with van der Waals surface area (Å²) in [7, 11) is 0. The van der Waals surface area contributed by atoms with Crippen LogP contribution in [0.2, 0.25) is 5.02 Å². The van der Waals surface area contributed by atoms with Crippen molar-refractivity contribution < 1.29 is 4.79 Å². The molecule has 1 fully saturated rings. The van der Waals surface area contributed by atoms with Crippen molar-refractivity contribution in [3.8, 4) is 0 Å². The first kappa shape index (κ1) is 12.4. The summed E-state index contributed by atoms with van der Waals surface area (Å²) in [6, 6.07) is 5.67. The monoisotopic (exact) mass is 252 g/mol. The summed E-state index contributed by atoms with van der Waals surface area (Å²) in [5.74, 6) is 0.171. The third kappa shape index (κ3) is 2.79. The van der Waals surface area contributed by atoms with Crippen molar-refractivity contribution in [1.29, 1.82) is 0 Å². The summed E-state index contributed by atoms with van der Waals surface area (Å²) in [4.78, 5) is 13.8. The van der Waals surface area contributed by atoms with Gasteiger partial charge in [-0.15, -0.1) is 0 Å². The topological polar surface area (TPSA) is 46.3 Å². The zero-order chi connectivity index (χ0) is 12.3. The van der Waals surface area contributed by atoms with E-state index in [1.165, 1.54) is 0 Å². The highest BCUT2D eigenvalue weighted by Gasteiger charge is 2.20. The van der Waals surface area contributed by atoms with Crippen LogP contribution in [0.4, 0.5) is 5.69 Å².